The van der Waals surface area contributed by atoms with E-state index in [1.54, 1.807) is 6.07 Å². The van der Waals surface area contributed by atoms with Gasteiger partial charge in [-0.3, -0.25) is 0 Å². The second-order valence-corrected chi connectivity index (χ2v) is 4.52. The monoisotopic (exact) mass is 277 g/mol. The third-order valence-corrected chi connectivity index (χ3v) is 3.07. The summed E-state index contributed by atoms with van der Waals surface area (Å²) >= 11 is 0. The van der Waals surface area contributed by atoms with Crippen molar-refractivity contribution < 1.29 is 8.81 Å². The van der Waals surface area contributed by atoms with E-state index in [0.717, 1.165) is 35.8 Å². The van der Waals surface area contributed by atoms with Crippen molar-refractivity contribution >= 4 is 16.9 Å². The zero-order valence-electron chi connectivity index (χ0n) is 12.1. The molecule has 0 unspecified atom stereocenters. The van der Waals surface area contributed by atoms with Crippen LogP contribution in [0, 0.1) is 12.7 Å². The highest BCUT2D eigenvalue weighted by Gasteiger charge is 2.10. The van der Waals surface area contributed by atoms with Crippen LogP contribution in [-0.4, -0.2) is 19.0 Å². The molecule has 0 saturated heterocycles. The normalized spacial score (nSPS) is 10.6. The third kappa shape index (κ3) is 3.10. The smallest absolute Gasteiger partial charge is 0.191 e. The van der Waals surface area contributed by atoms with E-state index in [2.05, 4.69) is 15.6 Å². The number of benzene rings is 1. The van der Waals surface area contributed by atoms with Gasteiger partial charge in [0.05, 0.1) is 0 Å². The van der Waals surface area contributed by atoms with Gasteiger partial charge >= 0.3 is 0 Å². The highest BCUT2D eigenvalue weighted by atomic mass is 19.1. The second-order valence-electron chi connectivity index (χ2n) is 4.52. The van der Waals surface area contributed by atoms with Crippen molar-refractivity contribution in [2.45, 2.75) is 27.3 Å². The summed E-state index contributed by atoms with van der Waals surface area (Å²) in [4.78, 5) is 4.46. The quantitative estimate of drug-likeness (QED) is 0.667. The zero-order chi connectivity index (χ0) is 14.5. The summed E-state index contributed by atoms with van der Waals surface area (Å²) in [5, 5.41) is 7.12. The van der Waals surface area contributed by atoms with Crippen molar-refractivity contribution in [1.29, 1.82) is 0 Å². The Kier molecular flexibility index (Phi) is 4.61. The van der Waals surface area contributed by atoms with Gasteiger partial charge in [0.1, 0.15) is 23.7 Å². The molecule has 4 nitrogen and oxygen atoms in total. The van der Waals surface area contributed by atoms with Crippen LogP contribution in [0.15, 0.2) is 27.6 Å². The molecular weight excluding hydrogens is 257 g/mol. The lowest BCUT2D eigenvalue weighted by Gasteiger charge is -2.08. The van der Waals surface area contributed by atoms with E-state index >= 15 is 0 Å². The van der Waals surface area contributed by atoms with E-state index in [1.807, 2.05) is 20.8 Å². The molecule has 0 spiro atoms. The standard InChI is InChI=1S/C15H20FN3O/c1-4-17-15(18-5-2)19-9-14-10(3)12-8-11(16)6-7-13(12)20-14/h6-8H,4-5,9H2,1-3H3,(H2,17,18,19). The van der Waals surface area contributed by atoms with Gasteiger partial charge in [0.2, 0.25) is 0 Å². The van der Waals surface area contributed by atoms with Crippen LogP contribution in [0.4, 0.5) is 4.39 Å². The molecule has 0 aliphatic carbocycles. The molecule has 1 heterocycles. The number of fused-ring (bicyclic) bond motifs is 1. The molecule has 0 radical (unpaired) electrons. The summed E-state index contributed by atoms with van der Waals surface area (Å²) in [5.41, 5.74) is 1.64. The molecule has 108 valence electrons. The van der Waals surface area contributed by atoms with Crippen LogP contribution in [0.3, 0.4) is 0 Å². The number of rotatable bonds is 4. The maximum absolute atomic E-state index is 13.3. The molecule has 0 amide bonds. The second kappa shape index (κ2) is 6.41. The Hall–Kier alpha value is -2.04. The van der Waals surface area contributed by atoms with Crippen LogP contribution in [0.5, 0.6) is 0 Å². The van der Waals surface area contributed by atoms with E-state index in [1.165, 1.54) is 12.1 Å². The van der Waals surface area contributed by atoms with E-state index in [-0.39, 0.29) is 5.82 Å². The fourth-order valence-electron chi connectivity index (χ4n) is 2.05. The van der Waals surface area contributed by atoms with Gasteiger partial charge in [-0.2, -0.15) is 0 Å². The highest BCUT2D eigenvalue weighted by molar-refractivity contribution is 5.82. The molecular formula is C15H20FN3O. The molecule has 2 N–H and O–H groups in total. The Morgan fingerprint density at radius 3 is 2.60 bits per heavy atom. The number of guanidine groups is 1. The molecule has 0 bridgehead atoms. The predicted molar refractivity (Wildman–Crippen MR) is 79.4 cm³/mol. The maximum Gasteiger partial charge on any atom is 0.191 e. The Balaban J connectivity index is 2.24. The van der Waals surface area contributed by atoms with Crippen molar-refractivity contribution in [2.75, 3.05) is 13.1 Å². The van der Waals surface area contributed by atoms with Gasteiger partial charge in [0.15, 0.2) is 5.96 Å². The molecule has 0 atom stereocenters. The van der Waals surface area contributed by atoms with Crippen LogP contribution in [-0.2, 0) is 6.54 Å². The van der Waals surface area contributed by atoms with Crippen molar-refractivity contribution in [3.63, 3.8) is 0 Å². The molecule has 2 rings (SSSR count). The first-order valence-electron chi connectivity index (χ1n) is 6.85. The highest BCUT2D eigenvalue weighted by Crippen LogP contribution is 2.26. The predicted octanol–water partition coefficient (Wildman–Crippen LogP) is 2.96. The van der Waals surface area contributed by atoms with Gasteiger partial charge < -0.3 is 15.1 Å². The Morgan fingerprint density at radius 2 is 1.95 bits per heavy atom. The molecule has 2 aromatic rings. The number of aliphatic imine (C=N–C) groups is 1. The molecule has 1 aromatic heterocycles. The van der Waals surface area contributed by atoms with Crippen molar-refractivity contribution in [2.24, 2.45) is 4.99 Å². The van der Waals surface area contributed by atoms with Crippen molar-refractivity contribution in [3.8, 4) is 0 Å². The van der Waals surface area contributed by atoms with Crippen molar-refractivity contribution in [3.05, 3.63) is 35.3 Å². The largest absolute Gasteiger partial charge is 0.459 e. The summed E-state index contributed by atoms with van der Waals surface area (Å²) < 4.78 is 19.0. The maximum atomic E-state index is 13.3. The van der Waals surface area contributed by atoms with Crippen LogP contribution < -0.4 is 10.6 Å². The number of halogens is 1. The third-order valence-electron chi connectivity index (χ3n) is 3.07. The minimum Gasteiger partial charge on any atom is -0.459 e. The molecule has 20 heavy (non-hydrogen) atoms. The van der Waals surface area contributed by atoms with E-state index in [4.69, 9.17) is 4.42 Å². The summed E-state index contributed by atoms with van der Waals surface area (Å²) in [7, 11) is 0. The van der Waals surface area contributed by atoms with Crippen LogP contribution >= 0.6 is 0 Å². The fraction of sp³-hybridized carbons (Fsp3) is 0.400. The number of nitrogens with one attached hydrogen (secondary N) is 2. The zero-order valence-corrected chi connectivity index (χ0v) is 12.1. The first kappa shape index (κ1) is 14.4. The lowest BCUT2D eigenvalue weighted by Crippen LogP contribution is -2.36. The van der Waals surface area contributed by atoms with Gasteiger partial charge in [0.25, 0.3) is 0 Å². The summed E-state index contributed by atoms with van der Waals surface area (Å²) in [6.45, 7) is 7.99. The number of hydrogen-bond acceptors (Lipinski definition) is 2. The summed E-state index contributed by atoms with van der Waals surface area (Å²) in [6, 6.07) is 4.55. The van der Waals surface area contributed by atoms with Gasteiger partial charge in [-0.05, 0) is 39.0 Å². The Labute approximate surface area is 118 Å². The number of aryl methyl sites for hydroxylation is 1. The minimum absolute atomic E-state index is 0.252. The summed E-state index contributed by atoms with van der Waals surface area (Å²) in [5.74, 6) is 1.26. The molecule has 1 aromatic carbocycles. The molecule has 5 heteroatoms. The Morgan fingerprint density at radius 1 is 1.25 bits per heavy atom. The van der Waals surface area contributed by atoms with Gasteiger partial charge in [-0.25, -0.2) is 9.38 Å². The average Bonchev–Trinajstić information content (AvgIpc) is 2.73. The van der Waals surface area contributed by atoms with E-state index < -0.39 is 0 Å². The fourth-order valence-corrected chi connectivity index (χ4v) is 2.05. The lowest BCUT2D eigenvalue weighted by atomic mass is 10.1. The van der Waals surface area contributed by atoms with Gasteiger partial charge in [-0.15, -0.1) is 0 Å². The first-order valence-corrected chi connectivity index (χ1v) is 6.85. The molecule has 0 aliphatic heterocycles. The molecule has 0 aliphatic rings. The van der Waals surface area contributed by atoms with Gasteiger partial charge in [-0.1, -0.05) is 0 Å². The van der Waals surface area contributed by atoms with Gasteiger partial charge in [0, 0.05) is 24.0 Å². The Bertz CT molecular complexity index is 611. The molecule has 0 fully saturated rings. The SMILES string of the molecule is CCNC(=NCc1oc2ccc(F)cc2c1C)NCC. The van der Waals surface area contributed by atoms with Crippen LogP contribution in [0.2, 0.25) is 0 Å². The lowest BCUT2D eigenvalue weighted by molar-refractivity contribution is 0.547. The van der Waals surface area contributed by atoms with E-state index in [0.29, 0.717) is 12.1 Å². The number of hydrogen-bond donors (Lipinski definition) is 2. The minimum atomic E-state index is -0.252. The first-order chi connectivity index (χ1) is 9.65. The number of nitrogens with zero attached hydrogens (tertiary/aromatic N) is 1. The average molecular weight is 277 g/mol. The number of furan rings is 1. The van der Waals surface area contributed by atoms with Crippen molar-refractivity contribution in [1.82, 2.24) is 10.6 Å². The van der Waals surface area contributed by atoms with E-state index in [9.17, 15) is 4.39 Å². The van der Waals surface area contributed by atoms with Crippen LogP contribution in [0.25, 0.3) is 11.0 Å². The summed E-state index contributed by atoms with van der Waals surface area (Å²) in [6.07, 6.45) is 0. The topological polar surface area (TPSA) is 49.6 Å². The molecule has 0 saturated carbocycles. The van der Waals surface area contributed by atoms with Crippen LogP contribution in [0.1, 0.15) is 25.2 Å².